The number of nitrogens with one attached hydrogen (secondary N) is 1. The number of rotatable bonds is 3. The van der Waals surface area contributed by atoms with Gasteiger partial charge in [0.1, 0.15) is 0 Å². The van der Waals surface area contributed by atoms with Gasteiger partial charge < -0.3 is 10.2 Å². The average molecular weight is 244 g/mol. The molecule has 3 rings (SSSR count). The van der Waals surface area contributed by atoms with Gasteiger partial charge in [0.05, 0.1) is 11.4 Å². The van der Waals surface area contributed by atoms with E-state index in [0.717, 1.165) is 6.54 Å². The monoisotopic (exact) mass is 244 g/mol. The Balaban J connectivity index is 1.97. The van der Waals surface area contributed by atoms with Crippen molar-refractivity contribution in [2.45, 2.75) is 45.4 Å². The maximum atomic E-state index is 3.66. The van der Waals surface area contributed by atoms with Gasteiger partial charge in [0, 0.05) is 19.6 Å². The lowest BCUT2D eigenvalue weighted by molar-refractivity contribution is 0.656. The molecule has 2 heterocycles. The molecule has 2 nitrogen and oxygen atoms in total. The van der Waals surface area contributed by atoms with Gasteiger partial charge in [0.2, 0.25) is 0 Å². The van der Waals surface area contributed by atoms with Crippen molar-refractivity contribution in [3.05, 3.63) is 23.3 Å². The molecule has 0 aliphatic carbocycles. The van der Waals surface area contributed by atoms with E-state index in [9.17, 15) is 0 Å². The van der Waals surface area contributed by atoms with E-state index in [2.05, 4.69) is 29.3 Å². The zero-order valence-corrected chi connectivity index (χ0v) is 11.5. The molecule has 0 fully saturated rings. The Kier molecular flexibility index (Phi) is 3.44. The number of hydrogen-bond acceptors (Lipinski definition) is 2. The summed E-state index contributed by atoms with van der Waals surface area (Å²) in [6.07, 6.45) is 7.69. The van der Waals surface area contributed by atoms with Gasteiger partial charge in [-0.2, -0.15) is 0 Å². The van der Waals surface area contributed by atoms with Crippen LogP contribution in [0.5, 0.6) is 0 Å². The summed E-state index contributed by atoms with van der Waals surface area (Å²) in [7, 11) is 0. The second-order valence-corrected chi connectivity index (χ2v) is 5.58. The van der Waals surface area contributed by atoms with Crippen molar-refractivity contribution in [3.63, 3.8) is 0 Å². The Hall–Kier alpha value is -1.18. The van der Waals surface area contributed by atoms with Crippen LogP contribution in [-0.2, 0) is 12.8 Å². The average Bonchev–Trinajstić information content (AvgIpc) is 2.44. The molecule has 0 amide bonds. The van der Waals surface area contributed by atoms with E-state index in [-0.39, 0.29) is 0 Å². The first-order valence-corrected chi connectivity index (χ1v) is 7.53. The van der Waals surface area contributed by atoms with Crippen molar-refractivity contribution in [3.8, 4) is 0 Å². The van der Waals surface area contributed by atoms with Crippen LogP contribution in [0, 0.1) is 0 Å². The molecule has 0 aromatic heterocycles. The summed E-state index contributed by atoms with van der Waals surface area (Å²) in [4.78, 5) is 2.62. The number of benzene rings is 1. The number of anilines is 2. The highest BCUT2D eigenvalue weighted by Gasteiger charge is 2.23. The van der Waals surface area contributed by atoms with Crippen LogP contribution in [0.2, 0.25) is 0 Å². The van der Waals surface area contributed by atoms with Gasteiger partial charge >= 0.3 is 0 Å². The van der Waals surface area contributed by atoms with Crippen LogP contribution in [0.3, 0.4) is 0 Å². The lowest BCUT2D eigenvalue weighted by Crippen LogP contribution is -2.32. The molecule has 0 atom stereocenters. The van der Waals surface area contributed by atoms with E-state index >= 15 is 0 Å². The van der Waals surface area contributed by atoms with Crippen LogP contribution in [0.15, 0.2) is 12.1 Å². The van der Waals surface area contributed by atoms with Crippen LogP contribution in [0.4, 0.5) is 11.4 Å². The number of hydrogen-bond donors (Lipinski definition) is 1. The Morgan fingerprint density at radius 2 is 2.00 bits per heavy atom. The minimum absolute atomic E-state index is 1.14. The topological polar surface area (TPSA) is 15.3 Å². The van der Waals surface area contributed by atoms with Gasteiger partial charge in [0.15, 0.2) is 0 Å². The van der Waals surface area contributed by atoms with Crippen molar-refractivity contribution >= 4 is 11.4 Å². The van der Waals surface area contributed by atoms with E-state index < -0.39 is 0 Å². The zero-order valence-electron chi connectivity index (χ0n) is 11.5. The first-order chi connectivity index (χ1) is 8.90. The highest BCUT2D eigenvalue weighted by atomic mass is 15.2. The van der Waals surface area contributed by atoms with Gasteiger partial charge in [-0.25, -0.2) is 0 Å². The summed E-state index contributed by atoms with van der Waals surface area (Å²) in [6, 6.07) is 4.73. The summed E-state index contributed by atoms with van der Waals surface area (Å²) < 4.78 is 0. The Morgan fingerprint density at radius 1 is 1.17 bits per heavy atom. The smallest absolute Gasteiger partial charge is 0.0637 e. The SMILES string of the molecule is CCCCN1CCCc2ccc3c(c21)NCCC3. The predicted octanol–water partition coefficient (Wildman–Crippen LogP) is 3.60. The van der Waals surface area contributed by atoms with Gasteiger partial charge in [-0.05, 0) is 43.2 Å². The summed E-state index contributed by atoms with van der Waals surface area (Å²) in [5.74, 6) is 0. The first kappa shape index (κ1) is 11.9. The molecule has 98 valence electrons. The second kappa shape index (κ2) is 5.21. The van der Waals surface area contributed by atoms with E-state index in [4.69, 9.17) is 0 Å². The highest BCUT2D eigenvalue weighted by Crippen LogP contribution is 2.39. The standard InChI is InChI=1S/C16H24N2/c1-2-3-11-18-12-5-7-14-9-8-13-6-4-10-17-15(13)16(14)18/h8-9,17H,2-7,10-12H2,1H3. The van der Waals surface area contributed by atoms with Crippen LogP contribution < -0.4 is 10.2 Å². The molecule has 2 heteroatoms. The largest absolute Gasteiger partial charge is 0.383 e. The molecule has 0 bridgehead atoms. The summed E-state index contributed by atoms with van der Waals surface area (Å²) in [6.45, 7) is 5.89. The van der Waals surface area contributed by atoms with Crippen LogP contribution in [-0.4, -0.2) is 19.6 Å². The Labute approximate surface area is 110 Å². The maximum absolute atomic E-state index is 3.66. The molecule has 1 aromatic carbocycles. The third kappa shape index (κ3) is 2.09. The van der Waals surface area contributed by atoms with Gasteiger partial charge in [0.25, 0.3) is 0 Å². The molecule has 0 saturated heterocycles. The lowest BCUT2D eigenvalue weighted by atomic mass is 9.93. The second-order valence-electron chi connectivity index (χ2n) is 5.58. The summed E-state index contributed by atoms with van der Waals surface area (Å²) in [5.41, 5.74) is 6.08. The zero-order chi connectivity index (χ0) is 12.4. The predicted molar refractivity (Wildman–Crippen MR) is 78.7 cm³/mol. The van der Waals surface area contributed by atoms with E-state index in [0.29, 0.717) is 0 Å². The van der Waals surface area contributed by atoms with Crippen molar-refractivity contribution in [1.29, 1.82) is 0 Å². The molecule has 0 unspecified atom stereocenters. The number of aryl methyl sites for hydroxylation is 2. The van der Waals surface area contributed by atoms with Crippen molar-refractivity contribution in [2.24, 2.45) is 0 Å². The third-order valence-corrected chi connectivity index (χ3v) is 4.24. The number of unbranched alkanes of at least 4 members (excludes halogenated alkanes) is 1. The fourth-order valence-electron chi connectivity index (χ4n) is 3.28. The molecular weight excluding hydrogens is 220 g/mol. The third-order valence-electron chi connectivity index (χ3n) is 4.24. The van der Waals surface area contributed by atoms with Crippen molar-refractivity contribution < 1.29 is 0 Å². The lowest BCUT2D eigenvalue weighted by Gasteiger charge is -2.35. The van der Waals surface area contributed by atoms with Crippen LogP contribution in [0.25, 0.3) is 0 Å². The molecule has 0 spiro atoms. The fraction of sp³-hybridized carbons (Fsp3) is 0.625. The maximum Gasteiger partial charge on any atom is 0.0637 e. The molecule has 1 aromatic rings. The van der Waals surface area contributed by atoms with Gasteiger partial charge in [-0.15, -0.1) is 0 Å². The fourth-order valence-corrected chi connectivity index (χ4v) is 3.28. The Morgan fingerprint density at radius 3 is 2.89 bits per heavy atom. The van der Waals surface area contributed by atoms with Crippen molar-refractivity contribution in [1.82, 2.24) is 0 Å². The molecule has 2 aliphatic rings. The van der Waals surface area contributed by atoms with Crippen LogP contribution in [0.1, 0.15) is 43.7 Å². The molecule has 0 radical (unpaired) electrons. The summed E-state index contributed by atoms with van der Waals surface area (Å²) in [5, 5.41) is 3.66. The minimum Gasteiger partial charge on any atom is -0.383 e. The van der Waals surface area contributed by atoms with E-state index in [1.165, 1.54) is 68.6 Å². The first-order valence-electron chi connectivity index (χ1n) is 7.53. The van der Waals surface area contributed by atoms with Crippen LogP contribution >= 0.6 is 0 Å². The van der Waals surface area contributed by atoms with E-state index in [1.807, 2.05) is 0 Å². The van der Waals surface area contributed by atoms with Gasteiger partial charge in [-0.1, -0.05) is 25.5 Å². The summed E-state index contributed by atoms with van der Waals surface area (Å²) >= 11 is 0. The number of nitrogens with zero attached hydrogens (tertiary/aromatic N) is 1. The van der Waals surface area contributed by atoms with Gasteiger partial charge in [-0.3, -0.25) is 0 Å². The Bertz CT molecular complexity index is 425. The molecule has 1 N–H and O–H groups in total. The number of fused-ring (bicyclic) bond motifs is 3. The normalized spacial score (nSPS) is 17.9. The molecule has 0 saturated carbocycles. The molecular formula is C16H24N2. The highest BCUT2D eigenvalue weighted by molar-refractivity contribution is 5.78. The minimum atomic E-state index is 1.14. The molecule has 18 heavy (non-hydrogen) atoms. The van der Waals surface area contributed by atoms with Crippen molar-refractivity contribution in [2.75, 3.05) is 29.9 Å². The quantitative estimate of drug-likeness (QED) is 0.874. The molecule has 2 aliphatic heterocycles. The van der Waals surface area contributed by atoms with E-state index in [1.54, 1.807) is 5.56 Å².